The van der Waals surface area contributed by atoms with Gasteiger partial charge in [0.05, 0.1) is 18.8 Å². The minimum Gasteiger partial charge on any atom is -0.468 e. The topological polar surface area (TPSA) is 54.3 Å². The zero-order valence-electron chi connectivity index (χ0n) is 10.2. The van der Waals surface area contributed by atoms with Crippen LogP contribution in [-0.4, -0.2) is 11.9 Å². The van der Waals surface area contributed by atoms with Gasteiger partial charge in [-0.3, -0.25) is 10.1 Å². The summed E-state index contributed by atoms with van der Waals surface area (Å²) >= 11 is 0. The van der Waals surface area contributed by atoms with Gasteiger partial charge >= 0.3 is 0 Å². The van der Waals surface area contributed by atoms with E-state index in [4.69, 9.17) is 4.42 Å². The molecule has 1 atom stereocenters. The lowest BCUT2D eigenvalue weighted by Crippen LogP contribution is -2.37. The maximum Gasteiger partial charge on any atom is 0.241 e. The molecule has 1 amide bonds. The highest BCUT2D eigenvalue weighted by atomic mass is 16.3. The van der Waals surface area contributed by atoms with Crippen LogP contribution in [0.4, 0.5) is 5.69 Å². The SMILES string of the molecule is CC(NCc1ccco1)C(=O)Nc1ccccc1. The summed E-state index contributed by atoms with van der Waals surface area (Å²) in [7, 11) is 0. The molecular weight excluding hydrogens is 228 g/mol. The van der Waals surface area contributed by atoms with Gasteiger partial charge in [0, 0.05) is 5.69 Å². The number of carbonyl (C=O) groups excluding carboxylic acids is 1. The second-order valence-corrected chi connectivity index (χ2v) is 4.04. The van der Waals surface area contributed by atoms with E-state index in [9.17, 15) is 4.79 Å². The Hall–Kier alpha value is -2.07. The van der Waals surface area contributed by atoms with Crippen molar-refractivity contribution in [2.24, 2.45) is 0 Å². The fraction of sp³-hybridized carbons (Fsp3) is 0.214. The van der Waals surface area contributed by atoms with E-state index in [1.165, 1.54) is 0 Å². The fourth-order valence-corrected chi connectivity index (χ4v) is 1.53. The van der Waals surface area contributed by atoms with Crippen molar-refractivity contribution in [2.45, 2.75) is 19.5 Å². The number of anilines is 1. The number of carbonyl (C=O) groups is 1. The molecule has 0 aliphatic heterocycles. The predicted octanol–water partition coefficient (Wildman–Crippen LogP) is 2.40. The van der Waals surface area contributed by atoms with Crippen LogP contribution in [0.3, 0.4) is 0 Å². The highest BCUT2D eigenvalue weighted by molar-refractivity contribution is 5.94. The molecule has 0 radical (unpaired) electrons. The summed E-state index contributed by atoms with van der Waals surface area (Å²) in [5, 5.41) is 5.94. The molecule has 0 spiro atoms. The number of hydrogen-bond donors (Lipinski definition) is 2. The van der Waals surface area contributed by atoms with Crippen LogP contribution in [0, 0.1) is 0 Å². The van der Waals surface area contributed by atoms with E-state index in [-0.39, 0.29) is 11.9 Å². The molecule has 0 aliphatic rings. The van der Waals surface area contributed by atoms with Crippen LogP contribution >= 0.6 is 0 Å². The molecule has 4 heteroatoms. The van der Waals surface area contributed by atoms with E-state index in [2.05, 4.69) is 10.6 Å². The van der Waals surface area contributed by atoms with Crippen LogP contribution in [0.25, 0.3) is 0 Å². The van der Waals surface area contributed by atoms with Gasteiger partial charge in [-0.15, -0.1) is 0 Å². The largest absolute Gasteiger partial charge is 0.468 e. The number of furan rings is 1. The van der Waals surface area contributed by atoms with Crippen molar-refractivity contribution in [1.82, 2.24) is 5.32 Å². The van der Waals surface area contributed by atoms with Gasteiger partial charge in [-0.25, -0.2) is 0 Å². The number of nitrogens with one attached hydrogen (secondary N) is 2. The third-order valence-corrected chi connectivity index (χ3v) is 2.60. The Kier molecular flexibility index (Phi) is 4.15. The summed E-state index contributed by atoms with van der Waals surface area (Å²) in [5.41, 5.74) is 0.800. The van der Waals surface area contributed by atoms with Crippen LogP contribution in [-0.2, 0) is 11.3 Å². The molecule has 0 fully saturated rings. The van der Waals surface area contributed by atoms with Gasteiger partial charge in [-0.1, -0.05) is 18.2 Å². The Morgan fingerprint density at radius 2 is 2.00 bits per heavy atom. The zero-order chi connectivity index (χ0) is 12.8. The highest BCUT2D eigenvalue weighted by Gasteiger charge is 2.12. The maximum absolute atomic E-state index is 11.9. The van der Waals surface area contributed by atoms with E-state index in [0.717, 1.165) is 11.4 Å². The molecule has 0 aliphatic carbocycles. The van der Waals surface area contributed by atoms with Crippen molar-refractivity contribution in [3.05, 3.63) is 54.5 Å². The van der Waals surface area contributed by atoms with Crippen molar-refractivity contribution >= 4 is 11.6 Å². The third-order valence-electron chi connectivity index (χ3n) is 2.60. The second kappa shape index (κ2) is 6.02. The standard InChI is InChI=1S/C14H16N2O2/c1-11(15-10-13-8-5-9-18-13)14(17)16-12-6-3-2-4-7-12/h2-9,11,15H,10H2,1H3,(H,16,17). The smallest absolute Gasteiger partial charge is 0.241 e. The molecule has 4 nitrogen and oxygen atoms in total. The first kappa shape index (κ1) is 12.4. The van der Waals surface area contributed by atoms with Crippen molar-refractivity contribution in [1.29, 1.82) is 0 Å². The molecule has 0 bridgehead atoms. The first-order valence-electron chi connectivity index (χ1n) is 5.87. The lowest BCUT2D eigenvalue weighted by atomic mass is 10.2. The van der Waals surface area contributed by atoms with Gasteiger partial charge in [-0.2, -0.15) is 0 Å². The van der Waals surface area contributed by atoms with Crippen LogP contribution in [0.2, 0.25) is 0 Å². The van der Waals surface area contributed by atoms with Gasteiger partial charge in [0.25, 0.3) is 0 Å². The Morgan fingerprint density at radius 1 is 1.22 bits per heavy atom. The maximum atomic E-state index is 11.9. The minimum atomic E-state index is -0.282. The van der Waals surface area contributed by atoms with Crippen LogP contribution < -0.4 is 10.6 Å². The Labute approximate surface area is 106 Å². The van der Waals surface area contributed by atoms with Crippen molar-refractivity contribution in [3.63, 3.8) is 0 Å². The predicted molar refractivity (Wildman–Crippen MR) is 70.1 cm³/mol. The van der Waals surface area contributed by atoms with Gasteiger partial charge in [0.2, 0.25) is 5.91 Å². The minimum absolute atomic E-state index is 0.0623. The summed E-state index contributed by atoms with van der Waals surface area (Å²) < 4.78 is 5.19. The van der Waals surface area contributed by atoms with Crippen molar-refractivity contribution in [2.75, 3.05) is 5.32 Å². The quantitative estimate of drug-likeness (QED) is 0.849. The summed E-state index contributed by atoms with van der Waals surface area (Å²) in [4.78, 5) is 11.9. The van der Waals surface area contributed by atoms with Crippen LogP contribution in [0.15, 0.2) is 53.1 Å². The fourth-order valence-electron chi connectivity index (χ4n) is 1.53. The molecule has 94 valence electrons. The number of hydrogen-bond acceptors (Lipinski definition) is 3. The summed E-state index contributed by atoms with van der Waals surface area (Å²) in [6.07, 6.45) is 1.62. The summed E-state index contributed by atoms with van der Waals surface area (Å²) in [6, 6.07) is 12.8. The Morgan fingerprint density at radius 3 is 2.67 bits per heavy atom. The normalized spacial score (nSPS) is 12.1. The number of benzene rings is 1. The van der Waals surface area contributed by atoms with E-state index in [1.807, 2.05) is 49.4 Å². The van der Waals surface area contributed by atoms with Crippen molar-refractivity contribution < 1.29 is 9.21 Å². The van der Waals surface area contributed by atoms with Crippen LogP contribution in [0.1, 0.15) is 12.7 Å². The van der Waals surface area contributed by atoms with Gasteiger partial charge in [-0.05, 0) is 31.2 Å². The van der Waals surface area contributed by atoms with E-state index in [0.29, 0.717) is 6.54 Å². The van der Waals surface area contributed by atoms with Crippen molar-refractivity contribution in [3.8, 4) is 0 Å². The average Bonchev–Trinajstić information content (AvgIpc) is 2.90. The molecule has 0 saturated carbocycles. The van der Waals surface area contributed by atoms with Gasteiger partial charge in [0.1, 0.15) is 5.76 Å². The lowest BCUT2D eigenvalue weighted by molar-refractivity contribution is -0.117. The van der Waals surface area contributed by atoms with Gasteiger partial charge < -0.3 is 9.73 Å². The van der Waals surface area contributed by atoms with E-state index < -0.39 is 0 Å². The molecule has 1 unspecified atom stereocenters. The Bertz CT molecular complexity index is 480. The third kappa shape index (κ3) is 3.46. The molecule has 18 heavy (non-hydrogen) atoms. The Balaban J connectivity index is 1.82. The number of rotatable bonds is 5. The zero-order valence-corrected chi connectivity index (χ0v) is 10.2. The molecule has 2 rings (SSSR count). The monoisotopic (exact) mass is 244 g/mol. The van der Waals surface area contributed by atoms with E-state index >= 15 is 0 Å². The second-order valence-electron chi connectivity index (χ2n) is 4.04. The number of para-hydroxylation sites is 1. The average molecular weight is 244 g/mol. The molecular formula is C14H16N2O2. The molecule has 1 aromatic heterocycles. The van der Waals surface area contributed by atoms with E-state index in [1.54, 1.807) is 6.26 Å². The molecule has 2 aromatic rings. The number of amides is 1. The first-order valence-corrected chi connectivity index (χ1v) is 5.87. The van der Waals surface area contributed by atoms with Gasteiger partial charge in [0.15, 0.2) is 0 Å². The first-order chi connectivity index (χ1) is 8.75. The molecule has 1 aromatic carbocycles. The van der Waals surface area contributed by atoms with Crippen LogP contribution in [0.5, 0.6) is 0 Å². The molecule has 0 saturated heterocycles. The lowest BCUT2D eigenvalue weighted by Gasteiger charge is -2.13. The molecule has 1 heterocycles. The highest BCUT2D eigenvalue weighted by Crippen LogP contribution is 2.06. The summed E-state index contributed by atoms with van der Waals surface area (Å²) in [6.45, 7) is 2.36. The summed E-state index contributed by atoms with van der Waals surface area (Å²) in [5.74, 6) is 0.752. The molecule has 2 N–H and O–H groups in total.